The number of aliphatic carboxylic acids is 1. The Balaban J connectivity index is 2.02. The Hall–Kier alpha value is -2.18. The normalized spacial score (nSPS) is 18.6. The zero-order chi connectivity index (χ0) is 17.3. The Morgan fingerprint density at radius 3 is 2.33 bits per heavy atom. The molecule has 6 heteroatoms. The van der Waals surface area contributed by atoms with Crippen molar-refractivity contribution in [3.05, 3.63) is 65.2 Å². The van der Waals surface area contributed by atoms with Crippen molar-refractivity contribution in [2.45, 2.75) is 24.8 Å². The molecule has 0 aliphatic carbocycles. The van der Waals surface area contributed by atoms with Gasteiger partial charge in [0, 0.05) is 13.1 Å². The molecule has 24 heavy (non-hydrogen) atoms. The van der Waals surface area contributed by atoms with Crippen LogP contribution >= 0.6 is 0 Å². The van der Waals surface area contributed by atoms with E-state index in [0.717, 1.165) is 16.7 Å². The summed E-state index contributed by atoms with van der Waals surface area (Å²) in [4.78, 5) is 11.7. The van der Waals surface area contributed by atoms with Crippen molar-refractivity contribution >= 4 is 16.0 Å². The van der Waals surface area contributed by atoms with Gasteiger partial charge in [-0.2, -0.15) is 4.31 Å². The van der Waals surface area contributed by atoms with Gasteiger partial charge in [0.25, 0.3) is 0 Å². The zero-order valence-corrected chi connectivity index (χ0v) is 14.2. The third-order valence-electron chi connectivity index (χ3n) is 4.36. The van der Waals surface area contributed by atoms with Crippen LogP contribution in [0, 0.1) is 12.8 Å². The van der Waals surface area contributed by atoms with Crippen molar-refractivity contribution in [2.24, 2.45) is 5.92 Å². The minimum atomic E-state index is -3.74. The second kappa shape index (κ2) is 6.37. The van der Waals surface area contributed by atoms with Crippen LogP contribution < -0.4 is 0 Å². The maximum atomic E-state index is 13.0. The number of rotatable bonds is 3. The van der Waals surface area contributed by atoms with E-state index in [0.29, 0.717) is 6.42 Å². The van der Waals surface area contributed by atoms with E-state index in [-0.39, 0.29) is 18.0 Å². The zero-order valence-electron chi connectivity index (χ0n) is 13.3. The number of carboxylic acid groups (broad SMARTS) is 1. The Morgan fingerprint density at radius 2 is 1.71 bits per heavy atom. The molecule has 2 aromatic rings. The van der Waals surface area contributed by atoms with Crippen LogP contribution in [0.3, 0.4) is 0 Å². The average Bonchev–Trinajstić information content (AvgIpc) is 2.75. The summed E-state index contributed by atoms with van der Waals surface area (Å²) in [5.41, 5.74) is 2.72. The fourth-order valence-corrected chi connectivity index (χ4v) is 4.41. The van der Waals surface area contributed by atoms with Gasteiger partial charge in [0.2, 0.25) is 10.0 Å². The van der Waals surface area contributed by atoms with E-state index in [9.17, 15) is 18.3 Å². The fraction of sp³-hybridized carbons (Fsp3) is 0.278. The van der Waals surface area contributed by atoms with Gasteiger partial charge in [0.15, 0.2) is 0 Å². The summed E-state index contributed by atoms with van der Waals surface area (Å²) in [5, 5.41) is 9.46. The Bertz CT molecular complexity index is 859. The van der Waals surface area contributed by atoms with Crippen LogP contribution in [0.2, 0.25) is 0 Å². The molecule has 0 radical (unpaired) electrons. The maximum absolute atomic E-state index is 13.0. The number of hydrogen-bond donors (Lipinski definition) is 1. The van der Waals surface area contributed by atoms with E-state index in [1.807, 2.05) is 31.2 Å². The molecule has 5 nitrogen and oxygen atoms in total. The van der Waals surface area contributed by atoms with Crippen LogP contribution in [0.25, 0.3) is 0 Å². The molecule has 1 N–H and O–H groups in total. The third-order valence-corrected chi connectivity index (χ3v) is 6.19. The highest BCUT2D eigenvalue weighted by Gasteiger charge is 2.33. The number of aryl methyl sites for hydroxylation is 1. The highest BCUT2D eigenvalue weighted by Crippen LogP contribution is 2.27. The molecular weight excluding hydrogens is 326 g/mol. The first kappa shape index (κ1) is 16.7. The highest BCUT2D eigenvalue weighted by atomic mass is 32.2. The van der Waals surface area contributed by atoms with Crippen LogP contribution in [0.15, 0.2) is 53.4 Å². The summed E-state index contributed by atoms with van der Waals surface area (Å²) >= 11 is 0. The lowest BCUT2D eigenvalue weighted by molar-refractivity contribution is -0.141. The second-order valence-electron chi connectivity index (χ2n) is 6.12. The molecule has 0 saturated heterocycles. The van der Waals surface area contributed by atoms with Crippen molar-refractivity contribution in [1.82, 2.24) is 4.31 Å². The van der Waals surface area contributed by atoms with Gasteiger partial charge < -0.3 is 5.11 Å². The van der Waals surface area contributed by atoms with Crippen LogP contribution in [-0.2, 0) is 27.8 Å². The maximum Gasteiger partial charge on any atom is 0.308 e. The number of carboxylic acids is 1. The van der Waals surface area contributed by atoms with E-state index >= 15 is 0 Å². The second-order valence-corrected chi connectivity index (χ2v) is 8.06. The van der Waals surface area contributed by atoms with E-state index in [4.69, 9.17) is 0 Å². The molecule has 0 amide bonds. The SMILES string of the molecule is Cc1ccc(S(=O)(=O)N2Cc3ccccc3C[C@H](C(=O)O)C2)cc1. The molecule has 126 valence electrons. The van der Waals surface area contributed by atoms with Gasteiger partial charge in [0.1, 0.15) is 0 Å². The highest BCUT2D eigenvalue weighted by molar-refractivity contribution is 7.89. The first-order chi connectivity index (χ1) is 11.4. The molecule has 3 rings (SSSR count). The molecule has 0 fully saturated rings. The summed E-state index contributed by atoms with van der Waals surface area (Å²) in [5.74, 6) is -1.73. The lowest BCUT2D eigenvalue weighted by Gasteiger charge is -2.22. The van der Waals surface area contributed by atoms with Gasteiger partial charge in [0.05, 0.1) is 10.8 Å². The van der Waals surface area contributed by atoms with Crippen molar-refractivity contribution < 1.29 is 18.3 Å². The molecule has 0 saturated carbocycles. The summed E-state index contributed by atoms with van der Waals surface area (Å²) in [7, 11) is -3.74. The molecule has 1 atom stereocenters. The standard InChI is InChI=1S/C18H19NO4S/c1-13-6-8-17(9-7-13)24(22,23)19-11-15-5-3-2-4-14(15)10-16(12-19)18(20)21/h2-9,16H,10-12H2,1H3,(H,20,21)/t16-/m0/s1. The lowest BCUT2D eigenvalue weighted by atomic mass is 9.98. The Morgan fingerprint density at radius 1 is 1.08 bits per heavy atom. The first-order valence-electron chi connectivity index (χ1n) is 7.74. The molecule has 1 aliphatic heterocycles. The van der Waals surface area contributed by atoms with Gasteiger partial charge in [-0.1, -0.05) is 42.0 Å². The van der Waals surface area contributed by atoms with Crippen molar-refractivity contribution in [3.63, 3.8) is 0 Å². The molecule has 1 aliphatic rings. The van der Waals surface area contributed by atoms with Crippen LogP contribution in [0.4, 0.5) is 0 Å². The lowest BCUT2D eigenvalue weighted by Crippen LogP contribution is -2.36. The predicted octanol–water partition coefficient (Wildman–Crippen LogP) is 2.44. The predicted molar refractivity (Wildman–Crippen MR) is 90.0 cm³/mol. The van der Waals surface area contributed by atoms with Crippen LogP contribution in [0.1, 0.15) is 16.7 Å². The first-order valence-corrected chi connectivity index (χ1v) is 9.18. The van der Waals surface area contributed by atoms with Gasteiger partial charge in [-0.05, 0) is 36.6 Å². The van der Waals surface area contributed by atoms with Gasteiger partial charge in [-0.3, -0.25) is 4.79 Å². The van der Waals surface area contributed by atoms with E-state index in [1.165, 1.54) is 4.31 Å². The van der Waals surface area contributed by atoms with Gasteiger partial charge in [-0.25, -0.2) is 8.42 Å². The van der Waals surface area contributed by atoms with E-state index < -0.39 is 21.9 Å². The number of benzene rings is 2. The molecular formula is C18H19NO4S. The average molecular weight is 345 g/mol. The van der Waals surface area contributed by atoms with E-state index in [1.54, 1.807) is 24.3 Å². The number of nitrogens with zero attached hydrogens (tertiary/aromatic N) is 1. The smallest absolute Gasteiger partial charge is 0.308 e. The minimum absolute atomic E-state index is 0.0276. The summed E-state index contributed by atoms with van der Waals surface area (Å²) in [6.07, 6.45) is 0.339. The molecule has 0 bridgehead atoms. The van der Waals surface area contributed by atoms with Crippen molar-refractivity contribution in [2.75, 3.05) is 6.54 Å². The van der Waals surface area contributed by atoms with E-state index in [2.05, 4.69) is 0 Å². The third kappa shape index (κ3) is 3.20. The number of hydrogen-bond acceptors (Lipinski definition) is 3. The van der Waals surface area contributed by atoms with Crippen molar-refractivity contribution in [1.29, 1.82) is 0 Å². The Kier molecular flexibility index (Phi) is 4.43. The number of fused-ring (bicyclic) bond motifs is 1. The molecule has 0 aromatic heterocycles. The minimum Gasteiger partial charge on any atom is -0.481 e. The quantitative estimate of drug-likeness (QED) is 0.927. The monoisotopic (exact) mass is 345 g/mol. The summed E-state index contributed by atoms with van der Waals surface area (Å²) < 4.78 is 27.2. The topological polar surface area (TPSA) is 74.7 Å². The van der Waals surface area contributed by atoms with Crippen molar-refractivity contribution in [3.8, 4) is 0 Å². The number of sulfonamides is 1. The Labute approximate surface area is 141 Å². The molecule has 1 heterocycles. The van der Waals surface area contributed by atoms with Gasteiger partial charge >= 0.3 is 5.97 Å². The largest absolute Gasteiger partial charge is 0.481 e. The fourth-order valence-electron chi connectivity index (χ4n) is 2.95. The molecule has 0 unspecified atom stereocenters. The molecule has 0 spiro atoms. The summed E-state index contributed by atoms with van der Waals surface area (Å²) in [6, 6.07) is 14.0. The summed E-state index contributed by atoms with van der Waals surface area (Å²) in [6.45, 7) is 2.05. The number of carbonyl (C=O) groups is 1. The molecule has 2 aromatic carbocycles. The van der Waals surface area contributed by atoms with Crippen LogP contribution in [0.5, 0.6) is 0 Å². The van der Waals surface area contributed by atoms with Gasteiger partial charge in [-0.15, -0.1) is 0 Å². The van der Waals surface area contributed by atoms with Crippen LogP contribution in [-0.4, -0.2) is 30.3 Å².